The van der Waals surface area contributed by atoms with Crippen LogP contribution in [-0.2, 0) is 0 Å². The Balaban J connectivity index is 0.00000288. The zero-order chi connectivity index (χ0) is 16.7. The van der Waals surface area contributed by atoms with E-state index in [2.05, 4.69) is 47.7 Å². The van der Waals surface area contributed by atoms with Gasteiger partial charge in [-0.2, -0.15) is 0 Å². The van der Waals surface area contributed by atoms with E-state index in [1.54, 1.807) is 0 Å². The molecular weight excluding hydrogens is 357 g/mol. The molecule has 1 aromatic rings. The van der Waals surface area contributed by atoms with Crippen molar-refractivity contribution in [3.05, 3.63) is 36.4 Å². The summed E-state index contributed by atoms with van der Waals surface area (Å²) in [6.07, 6.45) is 3.93. The third kappa shape index (κ3) is 6.37. The Morgan fingerprint density at radius 1 is 1.24 bits per heavy atom. The Morgan fingerprint density at radius 3 is 2.40 bits per heavy atom. The zero-order valence-electron chi connectivity index (χ0n) is 15.4. The van der Waals surface area contributed by atoms with Crippen LogP contribution in [0.3, 0.4) is 0 Å². The lowest BCUT2D eigenvalue weighted by atomic mass is 9.98. The van der Waals surface area contributed by atoms with E-state index in [0.29, 0.717) is 5.75 Å². The Morgan fingerprint density at radius 2 is 1.88 bits per heavy atom. The average molecular weight is 390 g/mol. The molecule has 1 heterocycles. The molecular formula is C19H33Cl2N3O. The van der Waals surface area contributed by atoms with Crippen molar-refractivity contribution in [1.29, 1.82) is 0 Å². The maximum absolute atomic E-state index is 10.6. The molecule has 25 heavy (non-hydrogen) atoms. The number of anilines is 1. The van der Waals surface area contributed by atoms with Gasteiger partial charge in [0.15, 0.2) is 0 Å². The average Bonchev–Trinajstić information content (AvgIpc) is 2.59. The van der Waals surface area contributed by atoms with Gasteiger partial charge in [0.25, 0.3) is 0 Å². The number of piperazine rings is 1. The number of hydrogen-bond donors (Lipinski definition) is 2. The van der Waals surface area contributed by atoms with Gasteiger partial charge in [0.05, 0.1) is 0 Å². The smallest absolute Gasteiger partial charge is 0.122 e. The molecule has 1 aliphatic heterocycles. The number of halogens is 2. The SMILES string of the molecule is C=CCC[C@H](c1ccc(N(CC)CC)cc1O)N1CCNCC1.Cl.Cl. The molecule has 2 rings (SSSR count). The molecule has 0 aliphatic carbocycles. The molecule has 144 valence electrons. The molecule has 0 aromatic heterocycles. The Bertz CT molecular complexity index is 503. The Labute approximate surface area is 165 Å². The minimum absolute atomic E-state index is 0. The molecule has 0 radical (unpaired) electrons. The first kappa shape index (κ1) is 24.1. The van der Waals surface area contributed by atoms with E-state index in [1.165, 1.54) is 0 Å². The number of rotatable bonds is 8. The topological polar surface area (TPSA) is 38.7 Å². The fourth-order valence-corrected chi connectivity index (χ4v) is 3.40. The highest BCUT2D eigenvalue weighted by Gasteiger charge is 2.24. The van der Waals surface area contributed by atoms with Gasteiger partial charge in [-0.1, -0.05) is 12.1 Å². The van der Waals surface area contributed by atoms with Gasteiger partial charge in [0.1, 0.15) is 5.75 Å². The number of allylic oxidation sites excluding steroid dienone is 1. The Kier molecular flexibility index (Phi) is 12.0. The van der Waals surface area contributed by atoms with E-state index in [-0.39, 0.29) is 30.9 Å². The highest BCUT2D eigenvalue weighted by Crippen LogP contribution is 2.35. The highest BCUT2D eigenvalue weighted by molar-refractivity contribution is 5.85. The monoisotopic (exact) mass is 389 g/mol. The number of hydrogen-bond acceptors (Lipinski definition) is 4. The zero-order valence-corrected chi connectivity index (χ0v) is 17.0. The summed E-state index contributed by atoms with van der Waals surface area (Å²) >= 11 is 0. The second-order valence-electron chi connectivity index (χ2n) is 6.08. The maximum atomic E-state index is 10.6. The van der Waals surface area contributed by atoms with Crippen LogP contribution in [0.5, 0.6) is 5.75 Å². The van der Waals surface area contributed by atoms with Crippen LogP contribution in [0.1, 0.15) is 38.3 Å². The molecule has 1 saturated heterocycles. The summed E-state index contributed by atoms with van der Waals surface area (Å²) in [4.78, 5) is 4.74. The Hall–Kier alpha value is -0.940. The fourth-order valence-electron chi connectivity index (χ4n) is 3.40. The minimum Gasteiger partial charge on any atom is -0.508 e. The van der Waals surface area contributed by atoms with E-state index in [0.717, 1.165) is 63.4 Å². The number of nitrogens with zero attached hydrogens (tertiary/aromatic N) is 2. The van der Waals surface area contributed by atoms with Crippen molar-refractivity contribution in [3.63, 3.8) is 0 Å². The van der Waals surface area contributed by atoms with Crippen molar-refractivity contribution >= 4 is 30.5 Å². The highest BCUT2D eigenvalue weighted by atomic mass is 35.5. The normalized spacial score (nSPS) is 15.6. The van der Waals surface area contributed by atoms with Gasteiger partial charge in [0.2, 0.25) is 0 Å². The van der Waals surface area contributed by atoms with Gasteiger partial charge in [-0.05, 0) is 32.8 Å². The van der Waals surface area contributed by atoms with Crippen LogP contribution < -0.4 is 10.2 Å². The second kappa shape index (κ2) is 12.4. The first-order valence-corrected chi connectivity index (χ1v) is 8.84. The summed E-state index contributed by atoms with van der Waals surface area (Å²) in [5, 5.41) is 14.0. The van der Waals surface area contributed by atoms with Crippen molar-refractivity contribution in [3.8, 4) is 5.75 Å². The summed E-state index contributed by atoms with van der Waals surface area (Å²) in [5.41, 5.74) is 2.14. The van der Waals surface area contributed by atoms with Gasteiger partial charge in [-0.3, -0.25) is 4.90 Å². The van der Waals surface area contributed by atoms with Gasteiger partial charge < -0.3 is 15.3 Å². The molecule has 0 spiro atoms. The van der Waals surface area contributed by atoms with Crippen molar-refractivity contribution in [2.24, 2.45) is 0 Å². The molecule has 0 unspecified atom stereocenters. The van der Waals surface area contributed by atoms with Gasteiger partial charge in [-0.15, -0.1) is 31.4 Å². The number of benzene rings is 1. The van der Waals surface area contributed by atoms with Crippen LogP contribution in [0, 0.1) is 0 Å². The molecule has 2 N–H and O–H groups in total. The van der Waals surface area contributed by atoms with Gasteiger partial charge in [0, 0.05) is 62.6 Å². The van der Waals surface area contributed by atoms with Crippen LogP contribution in [0.15, 0.2) is 30.9 Å². The van der Waals surface area contributed by atoms with E-state index in [1.807, 2.05) is 12.1 Å². The van der Waals surface area contributed by atoms with E-state index in [4.69, 9.17) is 0 Å². The fraction of sp³-hybridized carbons (Fsp3) is 0.579. The van der Waals surface area contributed by atoms with Crippen LogP contribution in [0.2, 0.25) is 0 Å². The lowest BCUT2D eigenvalue weighted by Gasteiger charge is -2.35. The predicted molar refractivity (Wildman–Crippen MR) is 113 cm³/mol. The summed E-state index contributed by atoms with van der Waals surface area (Å²) < 4.78 is 0. The molecule has 1 fully saturated rings. The number of aromatic hydroxyl groups is 1. The number of nitrogens with one attached hydrogen (secondary N) is 1. The quantitative estimate of drug-likeness (QED) is 0.659. The van der Waals surface area contributed by atoms with Gasteiger partial charge in [-0.25, -0.2) is 0 Å². The van der Waals surface area contributed by atoms with Gasteiger partial charge >= 0.3 is 0 Å². The lowest BCUT2D eigenvalue weighted by molar-refractivity contribution is 0.163. The summed E-state index contributed by atoms with van der Waals surface area (Å²) in [6, 6.07) is 6.44. The van der Waals surface area contributed by atoms with Crippen LogP contribution >= 0.6 is 24.8 Å². The van der Waals surface area contributed by atoms with Crippen molar-refractivity contribution < 1.29 is 5.11 Å². The number of phenolic OH excluding ortho intramolecular Hbond substituents is 1. The molecule has 0 bridgehead atoms. The molecule has 4 nitrogen and oxygen atoms in total. The molecule has 1 aromatic carbocycles. The van der Waals surface area contributed by atoms with Crippen LogP contribution in [0.25, 0.3) is 0 Å². The summed E-state index contributed by atoms with van der Waals surface area (Å²) in [5.74, 6) is 0.419. The first-order chi connectivity index (χ1) is 11.2. The number of phenols is 1. The van der Waals surface area contributed by atoms with E-state index in [9.17, 15) is 5.11 Å². The molecule has 0 amide bonds. The van der Waals surface area contributed by atoms with Crippen molar-refractivity contribution in [2.75, 3.05) is 44.2 Å². The van der Waals surface area contributed by atoms with Crippen molar-refractivity contribution in [1.82, 2.24) is 10.2 Å². The van der Waals surface area contributed by atoms with Crippen molar-refractivity contribution in [2.45, 2.75) is 32.7 Å². The summed E-state index contributed by atoms with van der Waals surface area (Å²) in [6.45, 7) is 14.1. The third-order valence-electron chi connectivity index (χ3n) is 4.74. The standard InChI is InChI=1S/C19H31N3O.2ClH/c1-4-7-8-18(22-13-11-20-12-14-22)17-10-9-16(15-19(17)23)21(5-2)6-3;;/h4,9-10,15,18,20,23H,1,5-8,11-14H2,2-3H3;2*1H/t18-;;/m1../s1. The second-order valence-corrected chi connectivity index (χ2v) is 6.08. The van der Waals surface area contributed by atoms with Crippen LogP contribution in [0.4, 0.5) is 5.69 Å². The maximum Gasteiger partial charge on any atom is 0.122 e. The lowest BCUT2D eigenvalue weighted by Crippen LogP contribution is -2.45. The molecule has 0 saturated carbocycles. The molecule has 6 heteroatoms. The molecule has 1 atom stereocenters. The van der Waals surface area contributed by atoms with E-state index < -0.39 is 0 Å². The van der Waals surface area contributed by atoms with E-state index >= 15 is 0 Å². The third-order valence-corrected chi connectivity index (χ3v) is 4.74. The predicted octanol–water partition coefficient (Wildman–Crippen LogP) is 3.99. The summed E-state index contributed by atoms with van der Waals surface area (Å²) in [7, 11) is 0. The first-order valence-electron chi connectivity index (χ1n) is 8.84. The van der Waals surface area contributed by atoms with Crippen LogP contribution in [-0.4, -0.2) is 49.3 Å². The minimum atomic E-state index is 0. The largest absolute Gasteiger partial charge is 0.508 e. The molecule has 1 aliphatic rings.